The average Bonchev–Trinajstić information content (AvgIpc) is 3.12. The van der Waals surface area contributed by atoms with Crippen molar-refractivity contribution in [1.82, 2.24) is 15.2 Å². The largest absolute Gasteiger partial charge is 0.340 e. The Bertz CT molecular complexity index is 1380. The van der Waals surface area contributed by atoms with Gasteiger partial charge in [-0.3, -0.25) is 14.4 Å². The van der Waals surface area contributed by atoms with E-state index in [9.17, 15) is 14.4 Å². The van der Waals surface area contributed by atoms with Gasteiger partial charge in [-0.2, -0.15) is 0 Å². The fourth-order valence-corrected chi connectivity index (χ4v) is 5.53. The molecule has 3 aromatic rings. The van der Waals surface area contributed by atoms with Crippen molar-refractivity contribution in [3.63, 3.8) is 0 Å². The van der Waals surface area contributed by atoms with Crippen LogP contribution in [0, 0.1) is 0 Å². The standard InChI is InChI=1S/C29H29Cl2N5O3/c30-21-8-9-25-23(17-21)19(16-27(37)35-14-11-32-12-15-35)4-3-13-36(25)29(39)20-7-10-26(33-18-20)34-28(38)22-5-1-2-6-24(22)31/h1-2,5-10,17-19,32H,3-4,11-16H2,(H,33,34,38). The molecule has 202 valence electrons. The molecule has 1 unspecified atom stereocenters. The van der Waals surface area contributed by atoms with Crippen LogP contribution < -0.4 is 15.5 Å². The van der Waals surface area contributed by atoms with E-state index in [-0.39, 0.29) is 23.6 Å². The maximum absolute atomic E-state index is 13.6. The summed E-state index contributed by atoms with van der Waals surface area (Å²) in [6.45, 7) is 3.53. The number of benzene rings is 2. The Labute approximate surface area is 237 Å². The van der Waals surface area contributed by atoms with Gasteiger partial charge in [0.15, 0.2) is 0 Å². The molecular weight excluding hydrogens is 537 g/mol. The van der Waals surface area contributed by atoms with Gasteiger partial charge in [-0.15, -0.1) is 0 Å². The molecule has 0 bridgehead atoms. The van der Waals surface area contributed by atoms with Gasteiger partial charge in [-0.05, 0) is 66.8 Å². The second-order valence-electron chi connectivity index (χ2n) is 9.70. The highest BCUT2D eigenvalue weighted by molar-refractivity contribution is 6.34. The van der Waals surface area contributed by atoms with E-state index < -0.39 is 0 Å². The molecule has 1 aromatic heterocycles. The van der Waals surface area contributed by atoms with E-state index in [1.54, 1.807) is 47.4 Å². The number of hydrogen-bond acceptors (Lipinski definition) is 5. The fraction of sp³-hybridized carbons (Fsp3) is 0.310. The van der Waals surface area contributed by atoms with Crippen molar-refractivity contribution in [1.29, 1.82) is 0 Å². The molecule has 39 heavy (non-hydrogen) atoms. The highest BCUT2D eigenvalue weighted by Gasteiger charge is 2.30. The molecule has 2 aliphatic heterocycles. The van der Waals surface area contributed by atoms with E-state index >= 15 is 0 Å². The van der Waals surface area contributed by atoms with E-state index in [0.29, 0.717) is 53.0 Å². The monoisotopic (exact) mass is 565 g/mol. The number of amides is 3. The molecule has 1 atom stereocenters. The number of nitrogens with zero attached hydrogens (tertiary/aromatic N) is 3. The molecule has 8 nitrogen and oxygen atoms in total. The fourth-order valence-electron chi connectivity index (χ4n) is 5.13. The van der Waals surface area contributed by atoms with Crippen LogP contribution in [-0.4, -0.2) is 60.3 Å². The van der Waals surface area contributed by atoms with Gasteiger partial charge < -0.3 is 20.4 Å². The predicted octanol–water partition coefficient (Wildman–Crippen LogP) is 4.99. The molecule has 5 rings (SSSR count). The molecular formula is C29H29Cl2N5O3. The average molecular weight is 566 g/mol. The van der Waals surface area contributed by atoms with Crippen molar-refractivity contribution in [3.05, 3.63) is 87.5 Å². The van der Waals surface area contributed by atoms with E-state index in [0.717, 1.165) is 37.2 Å². The first-order valence-corrected chi connectivity index (χ1v) is 13.8. The van der Waals surface area contributed by atoms with E-state index in [1.165, 1.54) is 6.20 Å². The number of rotatable bonds is 5. The minimum Gasteiger partial charge on any atom is -0.340 e. The third kappa shape index (κ3) is 6.24. The maximum Gasteiger partial charge on any atom is 0.259 e. The first-order valence-electron chi connectivity index (χ1n) is 13.0. The van der Waals surface area contributed by atoms with Crippen molar-refractivity contribution < 1.29 is 14.4 Å². The number of halogens is 2. The molecule has 2 aromatic carbocycles. The Morgan fingerprint density at radius 1 is 1.00 bits per heavy atom. The Morgan fingerprint density at radius 2 is 1.79 bits per heavy atom. The van der Waals surface area contributed by atoms with Crippen LogP contribution in [0.1, 0.15) is 51.5 Å². The highest BCUT2D eigenvalue weighted by atomic mass is 35.5. The Kier molecular flexibility index (Phi) is 8.45. The number of piperazine rings is 1. The molecule has 3 heterocycles. The number of anilines is 2. The van der Waals surface area contributed by atoms with Crippen molar-refractivity contribution in [2.75, 3.05) is 42.9 Å². The number of carbonyl (C=O) groups is 3. The molecule has 2 aliphatic rings. The lowest BCUT2D eigenvalue weighted by Gasteiger charge is -2.29. The number of pyridine rings is 1. The van der Waals surface area contributed by atoms with Crippen LogP contribution in [0.2, 0.25) is 10.0 Å². The van der Waals surface area contributed by atoms with E-state index in [1.807, 2.05) is 17.0 Å². The molecule has 1 fully saturated rings. The van der Waals surface area contributed by atoms with Crippen LogP contribution in [0.3, 0.4) is 0 Å². The van der Waals surface area contributed by atoms with Crippen LogP contribution >= 0.6 is 23.2 Å². The summed E-state index contributed by atoms with van der Waals surface area (Å²) in [7, 11) is 0. The van der Waals surface area contributed by atoms with Crippen molar-refractivity contribution in [3.8, 4) is 0 Å². The normalized spacial score (nSPS) is 17.2. The molecule has 0 saturated carbocycles. The Morgan fingerprint density at radius 3 is 2.54 bits per heavy atom. The molecule has 0 spiro atoms. The van der Waals surface area contributed by atoms with Gasteiger partial charge in [0.25, 0.3) is 11.8 Å². The number of carbonyl (C=O) groups excluding carboxylic acids is 3. The first kappa shape index (κ1) is 27.1. The number of nitrogens with one attached hydrogen (secondary N) is 2. The summed E-state index contributed by atoms with van der Waals surface area (Å²) in [5.41, 5.74) is 2.40. The summed E-state index contributed by atoms with van der Waals surface area (Å²) in [5.74, 6) is -0.174. The van der Waals surface area contributed by atoms with Crippen molar-refractivity contribution in [2.45, 2.75) is 25.2 Å². The summed E-state index contributed by atoms with van der Waals surface area (Å²) in [5, 5.41) is 6.90. The lowest BCUT2D eigenvalue weighted by Crippen LogP contribution is -2.46. The number of aromatic nitrogens is 1. The minimum absolute atomic E-state index is 0.0283. The third-order valence-corrected chi connectivity index (χ3v) is 7.73. The van der Waals surface area contributed by atoms with Gasteiger partial charge in [-0.25, -0.2) is 4.98 Å². The minimum atomic E-state index is -0.382. The summed E-state index contributed by atoms with van der Waals surface area (Å²) < 4.78 is 0. The van der Waals surface area contributed by atoms with Gasteiger partial charge in [-0.1, -0.05) is 35.3 Å². The first-order chi connectivity index (χ1) is 18.9. The SMILES string of the molecule is O=C(Nc1ccc(C(=O)N2CCCC(CC(=O)N3CCNCC3)c3cc(Cl)ccc32)cn1)c1ccccc1Cl. The molecule has 0 radical (unpaired) electrons. The van der Waals surface area contributed by atoms with Crippen LogP contribution in [0.5, 0.6) is 0 Å². The van der Waals surface area contributed by atoms with Crippen LogP contribution in [0.4, 0.5) is 11.5 Å². The third-order valence-electron chi connectivity index (χ3n) is 7.16. The second kappa shape index (κ2) is 12.2. The van der Waals surface area contributed by atoms with Crippen molar-refractivity contribution >= 4 is 52.4 Å². The molecule has 1 saturated heterocycles. The van der Waals surface area contributed by atoms with Gasteiger partial charge in [0.2, 0.25) is 5.91 Å². The zero-order chi connectivity index (χ0) is 27.4. The lowest BCUT2D eigenvalue weighted by molar-refractivity contribution is -0.132. The number of hydrogen-bond donors (Lipinski definition) is 2. The number of fused-ring (bicyclic) bond motifs is 1. The van der Waals surface area contributed by atoms with Crippen LogP contribution in [0.15, 0.2) is 60.8 Å². The smallest absolute Gasteiger partial charge is 0.259 e. The molecule has 2 N–H and O–H groups in total. The van der Waals surface area contributed by atoms with Gasteiger partial charge in [0.1, 0.15) is 5.82 Å². The summed E-state index contributed by atoms with van der Waals surface area (Å²) >= 11 is 12.5. The second-order valence-corrected chi connectivity index (χ2v) is 10.5. The molecule has 3 amide bonds. The topological polar surface area (TPSA) is 94.6 Å². The zero-order valence-electron chi connectivity index (χ0n) is 21.3. The summed E-state index contributed by atoms with van der Waals surface area (Å²) in [6, 6.07) is 15.5. The quantitative estimate of drug-likeness (QED) is 0.454. The van der Waals surface area contributed by atoms with Gasteiger partial charge in [0, 0.05) is 56.1 Å². The van der Waals surface area contributed by atoms with Crippen LogP contribution in [0.25, 0.3) is 0 Å². The lowest BCUT2D eigenvalue weighted by atomic mass is 9.90. The predicted molar refractivity (Wildman–Crippen MR) is 153 cm³/mol. The maximum atomic E-state index is 13.6. The zero-order valence-corrected chi connectivity index (χ0v) is 22.8. The Balaban J connectivity index is 1.33. The van der Waals surface area contributed by atoms with E-state index in [2.05, 4.69) is 15.6 Å². The van der Waals surface area contributed by atoms with Gasteiger partial charge >= 0.3 is 0 Å². The Hall–Kier alpha value is -3.46. The summed E-state index contributed by atoms with van der Waals surface area (Å²) in [6.07, 6.45) is 3.37. The summed E-state index contributed by atoms with van der Waals surface area (Å²) in [4.78, 5) is 47.2. The molecule has 0 aliphatic carbocycles. The van der Waals surface area contributed by atoms with Crippen molar-refractivity contribution in [2.24, 2.45) is 0 Å². The molecule has 10 heteroatoms. The van der Waals surface area contributed by atoms with Gasteiger partial charge in [0.05, 0.1) is 16.1 Å². The van der Waals surface area contributed by atoms with E-state index in [4.69, 9.17) is 23.2 Å². The highest BCUT2D eigenvalue weighted by Crippen LogP contribution is 2.39. The van der Waals surface area contributed by atoms with Crippen LogP contribution in [-0.2, 0) is 4.79 Å².